The van der Waals surface area contributed by atoms with E-state index in [4.69, 9.17) is 10.2 Å². The number of hydrogen-bond acceptors (Lipinski definition) is 3. The molecule has 0 fully saturated rings. The second-order valence-corrected chi connectivity index (χ2v) is 2.73. The lowest BCUT2D eigenvalue weighted by Gasteiger charge is -2.19. The fourth-order valence-corrected chi connectivity index (χ4v) is 1.02. The highest BCUT2D eigenvalue weighted by molar-refractivity contribution is 5.98. The molecule has 1 aromatic rings. The van der Waals surface area contributed by atoms with Crippen LogP contribution in [-0.4, -0.2) is 20.7 Å². The molecule has 0 aliphatic heterocycles. The first-order valence-corrected chi connectivity index (χ1v) is 4.14. The van der Waals surface area contributed by atoms with Crippen LogP contribution in [0.4, 0.5) is 4.39 Å². The maximum absolute atomic E-state index is 12.4. The molecule has 0 spiro atoms. The third kappa shape index (κ3) is 1.89. The number of rotatable bonds is 2. The quantitative estimate of drug-likeness (QED) is 0.473. The van der Waals surface area contributed by atoms with E-state index in [1.165, 1.54) is 12.1 Å². The zero-order valence-corrected chi connectivity index (χ0v) is 8.49. The first kappa shape index (κ1) is 9.34. The SMILES string of the molecule is OC(O)(O[SiH3])c1ccc(F)cc1. The van der Waals surface area contributed by atoms with Gasteiger partial charge in [0.25, 0.3) is 5.97 Å². The van der Waals surface area contributed by atoms with Crippen molar-refractivity contribution >= 4 is 10.5 Å². The van der Waals surface area contributed by atoms with Crippen LogP contribution in [0.1, 0.15) is 5.56 Å². The van der Waals surface area contributed by atoms with Crippen molar-refractivity contribution < 1.29 is 19.0 Å². The van der Waals surface area contributed by atoms with E-state index in [2.05, 4.69) is 4.43 Å². The Balaban J connectivity index is 2.96. The lowest BCUT2D eigenvalue weighted by atomic mass is 10.2. The first-order chi connectivity index (χ1) is 5.56. The molecule has 2 N–H and O–H groups in total. The molecule has 1 aromatic carbocycles. The average molecular weight is 188 g/mol. The number of aliphatic hydroxyl groups is 2. The van der Waals surface area contributed by atoms with Crippen LogP contribution in [0.15, 0.2) is 24.3 Å². The van der Waals surface area contributed by atoms with Crippen molar-refractivity contribution in [3.63, 3.8) is 0 Å². The topological polar surface area (TPSA) is 49.7 Å². The maximum Gasteiger partial charge on any atom is 0.296 e. The summed E-state index contributed by atoms with van der Waals surface area (Å²) in [6.45, 7) is 0. The predicted molar refractivity (Wildman–Crippen MR) is 43.5 cm³/mol. The third-order valence-corrected chi connectivity index (χ3v) is 2.07. The Morgan fingerprint density at radius 2 is 1.75 bits per heavy atom. The molecular formula is C7H9FO3Si. The monoisotopic (exact) mass is 188 g/mol. The van der Waals surface area contributed by atoms with Gasteiger partial charge in [-0.15, -0.1) is 0 Å². The summed E-state index contributed by atoms with van der Waals surface area (Å²) in [7, 11) is 0.187. The Morgan fingerprint density at radius 3 is 2.17 bits per heavy atom. The Kier molecular flexibility index (Phi) is 2.58. The molecule has 5 heteroatoms. The van der Waals surface area contributed by atoms with Gasteiger partial charge in [0, 0.05) is 5.56 Å². The molecule has 66 valence electrons. The summed E-state index contributed by atoms with van der Waals surface area (Å²) < 4.78 is 16.9. The number of hydrogen-bond donors (Lipinski definition) is 2. The van der Waals surface area contributed by atoms with Crippen LogP contribution >= 0.6 is 0 Å². The Hall–Kier alpha value is -0.753. The van der Waals surface area contributed by atoms with E-state index in [-0.39, 0.29) is 16.0 Å². The minimum Gasteiger partial charge on any atom is -0.377 e. The lowest BCUT2D eigenvalue weighted by molar-refractivity contribution is -0.303. The minimum atomic E-state index is -2.28. The summed E-state index contributed by atoms with van der Waals surface area (Å²) >= 11 is 0. The lowest BCUT2D eigenvalue weighted by Crippen LogP contribution is -2.27. The van der Waals surface area contributed by atoms with Crippen LogP contribution in [0.5, 0.6) is 0 Å². The molecule has 0 aromatic heterocycles. The highest BCUT2D eigenvalue weighted by Crippen LogP contribution is 2.17. The van der Waals surface area contributed by atoms with Crippen LogP contribution in [-0.2, 0) is 10.4 Å². The minimum absolute atomic E-state index is 0.124. The third-order valence-electron chi connectivity index (χ3n) is 1.50. The summed E-state index contributed by atoms with van der Waals surface area (Å²) in [5.74, 6) is -2.71. The Bertz CT molecular complexity index is 260. The molecule has 0 saturated carbocycles. The molecule has 3 nitrogen and oxygen atoms in total. The number of halogens is 1. The highest BCUT2D eigenvalue weighted by atomic mass is 28.2. The smallest absolute Gasteiger partial charge is 0.296 e. The number of benzene rings is 1. The molecule has 0 aliphatic carbocycles. The molecule has 12 heavy (non-hydrogen) atoms. The standard InChI is InChI=1S/C7H9FO3Si/c8-6-3-1-5(2-4-6)7(9,10)11-12/h1-4,9-10H,12H3. The van der Waals surface area contributed by atoms with Gasteiger partial charge < -0.3 is 14.6 Å². The molecule has 1 rings (SSSR count). The first-order valence-electron chi connectivity index (χ1n) is 3.32. The van der Waals surface area contributed by atoms with Crippen molar-refractivity contribution in [1.29, 1.82) is 0 Å². The van der Waals surface area contributed by atoms with E-state index in [0.29, 0.717) is 0 Å². The molecule has 0 saturated heterocycles. The molecule has 0 unspecified atom stereocenters. The summed E-state index contributed by atoms with van der Waals surface area (Å²) in [4.78, 5) is 0. The zero-order chi connectivity index (χ0) is 9.19. The van der Waals surface area contributed by atoms with Crippen LogP contribution in [0, 0.1) is 5.82 Å². The van der Waals surface area contributed by atoms with Gasteiger partial charge in [-0.25, -0.2) is 4.39 Å². The van der Waals surface area contributed by atoms with Crippen molar-refractivity contribution in [1.82, 2.24) is 0 Å². The normalized spacial score (nSPS) is 11.9. The molecule has 0 heterocycles. The average Bonchev–Trinajstić information content (AvgIpc) is 2.05. The molecular weight excluding hydrogens is 179 g/mol. The van der Waals surface area contributed by atoms with Gasteiger partial charge in [0.2, 0.25) is 0 Å². The summed E-state index contributed by atoms with van der Waals surface area (Å²) in [6.07, 6.45) is 0. The van der Waals surface area contributed by atoms with E-state index < -0.39 is 11.8 Å². The molecule has 0 amide bonds. The molecule has 0 atom stereocenters. The van der Waals surface area contributed by atoms with Crippen molar-refractivity contribution in [2.45, 2.75) is 5.97 Å². The molecule has 0 aliphatic rings. The van der Waals surface area contributed by atoms with Crippen molar-refractivity contribution in [2.24, 2.45) is 0 Å². The van der Waals surface area contributed by atoms with Gasteiger partial charge in [0.1, 0.15) is 5.82 Å². The van der Waals surface area contributed by atoms with Crippen LogP contribution < -0.4 is 0 Å². The van der Waals surface area contributed by atoms with Gasteiger partial charge >= 0.3 is 0 Å². The van der Waals surface area contributed by atoms with E-state index in [1.807, 2.05) is 0 Å². The van der Waals surface area contributed by atoms with E-state index in [1.54, 1.807) is 0 Å². The van der Waals surface area contributed by atoms with E-state index in [0.717, 1.165) is 12.1 Å². The van der Waals surface area contributed by atoms with Gasteiger partial charge in [0.05, 0.1) is 0 Å². The Labute approximate surface area is 72.0 Å². The predicted octanol–water partition coefficient (Wildman–Crippen LogP) is -0.782. The second kappa shape index (κ2) is 3.32. The van der Waals surface area contributed by atoms with Crippen LogP contribution in [0.2, 0.25) is 0 Å². The molecule has 0 bridgehead atoms. The van der Waals surface area contributed by atoms with E-state index in [9.17, 15) is 4.39 Å². The van der Waals surface area contributed by atoms with Crippen molar-refractivity contribution in [3.8, 4) is 0 Å². The van der Waals surface area contributed by atoms with E-state index >= 15 is 0 Å². The zero-order valence-electron chi connectivity index (χ0n) is 6.49. The summed E-state index contributed by atoms with van der Waals surface area (Å²) in [5, 5.41) is 18.3. The van der Waals surface area contributed by atoms with Crippen LogP contribution in [0.3, 0.4) is 0 Å². The van der Waals surface area contributed by atoms with Gasteiger partial charge in [-0.2, -0.15) is 0 Å². The van der Waals surface area contributed by atoms with Crippen LogP contribution in [0.25, 0.3) is 0 Å². The van der Waals surface area contributed by atoms with Gasteiger partial charge in [-0.1, -0.05) is 0 Å². The largest absolute Gasteiger partial charge is 0.377 e. The van der Waals surface area contributed by atoms with Gasteiger partial charge in [-0.3, -0.25) is 0 Å². The summed E-state index contributed by atoms with van der Waals surface area (Å²) in [5.41, 5.74) is 0.124. The maximum atomic E-state index is 12.4. The highest BCUT2D eigenvalue weighted by Gasteiger charge is 2.23. The van der Waals surface area contributed by atoms with Crippen molar-refractivity contribution in [2.75, 3.05) is 0 Å². The molecule has 0 radical (unpaired) electrons. The Morgan fingerprint density at radius 1 is 1.25 bits per heavy atom. The second-order valence-electron chi connectivity index (χ2n) is 2.32. The summed E-state index contributed by atoms with van der Waals surface area (Å²) in [6, 6.07) is 4.79. The van der Waals surface area contributed by atoms with Gasteiger partial charge in [-0.05, 0) is 24.3 Å². The van der Waals surface area contributed by atoms with Crippen molar-refractivity contribution in [3.05, 3.63) is 35.6 Å². The van der Waals surface area contributed by atoms with Gasteiger partial charge in [0.15, 0.2) is 10.5 Å². The fraction of sp³-hybridized carbons (Fsp3) is 0.143. The fourth-order valence-electron chi connectivity index (χ4n) is 0.785.